The summed E-state index contributed by atoms with van der Waals surface area (Å²) in [4.78, 5) is 58.8. The fourth-order valence-electron chi connectivity index (χ4n) is 20.6. The Hall–Kier alpha value is -10.4. The average Bonchev–Trinajstić information content (AvgIpc) is 0.745. The van der Waals surface area contributed by atoms with Crippen molar-refractivity contribution in [2.24, 2.45) is 23.7 Å². The van der Waals surface area contributed by atoms with E-state index in [1.807, 2.05) is 79.7 Å². The number of rotatable bonds is 15. The van der Waals surface area contributed by atoms with Gasteiger partial charge in [0.2, 0.25) is 0 Å². The number of fused-ring (bicyclic) bond motifs is 15. The number of hydrogen-bond donors (Lipinski definition) is 10. The van der Waals surface area contributed by atoms with E-state index in [1.165, 1.54) is 22.3 Å². The van der Waals surface area contributed by atoms with Gasteiger partial charge in [-0.2, -0.15) is 0 Å². The number of ether oxygens (including phenoxy) is 5. The van der Waals surface area contributed by atoms with Gasteiger partial charge < -0.3 is 74.7 Å². The van der Waals surface area contributed by atoms with Gasteiger partial charge in [0.1, 0.15) is 113 Å². The van der Waals surface area contributed by atoms with Crippen molar-refractivity contribution in [1.82, 2.24) is 0 Å². The van der Waals surface area contributed by atoms with Crippen LogP contribution in [0.2, 0.25) is 0 Å². The van der Waals surface area contributed by atoms with Crippen molar-refractivity contribution in [2.75, 3.05) is 0 Å². The highest BCUT2D eigenvalue weighted by Gasteiger charge is 2.52. The van der Waals surface area contributed by atoms with Crippen molar-refractivity contribution in [3.05, 3.63) is 184 Å². The maximum atomic E-state index is 11.9. The number of phenolic OH excluding ortho intramolecular Hbond substituents is 2. The van der Waals surface area contributed by atoms with Gasteiger partial charge >= 0.3 is 29.8 Å². The zero-order valence-corrected chi connectivity index (χ0v) is 73.8. The first-order valence-electron chi connectivity index (χ1n) is 43.0. The number of unbranched alkanes of at least 4 members (excludes halogenated alkanes) is 4. The van der Waals surface area contributed by atoms with Crippen LogP contribution < -0.4 is 23.7 Å². The third-order valence-electron chi connectivity index (χ3n) is 26.6. The van der Waals surface area contributed by atoms with Crippen LogP contribution in [0.4, 0.5) is 0 Å². The Labute approximate surface area is 707 Å². The van der Waals surface area contributed by atoms with Gasteiger partial charge in [-0.25, -0.2) is 24.0 Å². The summed E-state index contributed by atoms with van der Waals surface area (Å²) in [6.45, 7) is 40.3. The summed E-state index contributed by atoms with van der Waals surface area (Å²) in [5.41, 5.74) is 12.3. The number of aromatic hydroxyl groups is 5. The SMILES string of the molecule is CC1=C[C@H]2c3c(O)cc(C)c(C(=O)O)c3OC(C)(C)[C@@H]2CC1.CC1=C[C@H]2c3c(cc(C)c(C(=O)O)c3O)OC(C)(C)[C@@H]2CC1.CCCCCc1cc2c(c(O)c1C(=O)O)-c1cc(C)ccc1C(C)(C)O2.CCCCCc1cc2c(c(O)c1C(=O)O)[C@@H]1C=C(C)CC[C@H]1C(C)(C)O2.CCCc1cc(O)c2c(c1C(=O)O)OC(C)(C)[C@@H]1CCC(C)=C[C@@H]21. The number of allylic oxidation sites excluding steroid dienone is 8. The van der Waals surface area contributed by atoms with E-state index in [0.717, 1.165) is 113 Å². The first-order valence-corrected chi connectivity index (χ1v) is 43.0. The first-order chi connectivity index (χ1) is 56.2. The predicted molar refractivity (Wildman–Crippen MR) is 465 cm³/mol. The Morgan fingerprint density at radius 2 is 0.725 bits per heavy atom. The monoisotopic (exact) mass is 1650 g/mol. The summed E-state index contributed by atoms with van der Waals surface area (Å²) in [5.74, 6) is -1.92. The normalized spacial score (nSPS) is 22.4. The Morgan fingerprint density at radius 1 is 0.367 bits per heavy atom. The van der Waals surface area contributed by atoms with Crippen molar-refractivity contribution in [2.45, 2.75) is 306 Å². The summed E-state index contributed by atoms with van der Waals surface area (Å²) in [5, 5.41) is 102. The van der Waals surface area contributed by atoms with E-state index >= 15 is 0 Å². The summed E-state index contributed by atoms with van der Waals surface area (Å²) in [6.07, 6.45) is 25.3. The van der Waals surface area contributed by atoms with Gasteiger partial charge in [-0.1, -0.05) is 123 Å². The minimum Gasteiger partial charge on any atom is -0.507 e. The highest BCUT2D eigenvalue weighted by molar-refractivity contribution is 5.99. The fraction of sp³-hybridized carbons (Fsp3) is 0.510. The van der Waals surface area contributed by atoms with Crippen LogP contribution in [0, 0.1) is 44.4 Å². The van der Waals surface area contributed by atoms with E-state index in [-0.39, 0.29) is 115 Å². The molecule has 0 aromatic heterocycles. The molecule has 5 aliphatic heterocycles. The van der Waals surface area contributed by atoms with Crippen LogP contribution >= 0.6 is 0 Å². The van der Waals surface area contributed by atoms with E-state index in [1.54, 1.807) is 38.1 Å². The molecule has 0 saturated carbocycles. The third-order valence-corrected chi connectivity index (χ3v) is 26.6. The van der Waals surface area contributed by atoms with E-state index in [4.69, 9.17) is 23.7 Å². The lowest BCUT2D eigenvalue weighted by atomic mass is 9.67. The number of phenols is 5. The predicted octanol–water partition coefficient (Wildman–Crippen LogP) is 23.5. The standard InChI is InChI=1S/C22H30O4.C22H26O4.C20H26O4.2C18H22O4/c2*1-5-6-7-8-14-12-17-19(20(23)18(14)21(24)25)15-11-13(2)9-10-16(15)22(3,4)26-17;1-5-6-12-10-15(21)17-13-9-11(2)7-8-14(13)20(3,4)24-18(17)16(12)19(22)23;1-9-5-6-12-11(7-9)15-13(22-18(12,3)4)8-10(2)14(16(15)19)17(20)21;1-9-5-6-12-11(7-9)15-13(19)8-10(2)14(17(20)21)16(15)22-18(12,3)4/h11-12,15-16,23H,5-10H2,1-4H3,(H,24,25);9-12,23H,5-8H2,1-4H3,(H,24,25);9-10,13-14,21H,5-8H2,1-4H3,(H,22,23);2*7-8,11-12,19H,5-6H2,1-4H3,(H,20,21)/t15-,16-;;13-,14-;2*11-,12-/m1.111/s1. The summed E-state index contributed by atoms with van der Waals surface area (Å²) >= 11 is 0. The molecule has 6 aromatic carbocycles. The smallest absolute Gasteiger partial charge is 0.339 e. The van der Waals surface area contributed by atoms with Crippen molar-refractivity contribution in [1.29, 1.82) is 0 Å². The molecule has 10 N–H and O–H groups in total. The van der Waals surface area contributed by atoms with Gasteiger partial charge in [0.05, 0.1) is 5.56 Å². The van der Waals surface area contributed by atoms with Crippen LogP contribution in [-0.2, 0) is 24.9 Å². The van der Waals surface area contributed by atoms with E-state index in [0.29, 0.717) is 104 Å². The summed E-state index contributed by atoms with van der Waals surface area (Å²) in [7, 11) is 0. The Bertz CT molecular complexity index is 5140. The number of carbonyl (C=O) groups is 5. The number of aryl methyl sites for hydroxylation is 6. The number of aromatic carboxylic acids is 5. The lowest BCUT2D eigenvalue weighted by Gasteiger charge is -2.47. The van der Waals surface area contributed by atoms with Crippen molar-refractivity contribution < 1.29 is 98.7 Å². The molecule has 9 aliphatic rings. The molecule has 646 valence electrons. The molecule has 0 bridgehead atoms. The molecule has 0 radical (unpaired) electrons. The molecule has 0 spiro atoms. The maximum Gasteiger partial charge on any atom is 0.339 e. The van der Waals surface area contributed by atoms with E-state index in [9.17, 15) is 75.0 Å². The van der Waals surface area contributed by atoms with Crippen molar-refractivity contribution >= 4 is 29.8 Å². The second-order valence-electron chi connectivity index (χ2n) is 37.5. The first kappa shape index (κ1) is 90.4. The number of benzene rings is 6. The number of carboxylic acid groups (broad SMARTS) is 5. The fourth-order valence-corrected chi connectivity index (χ4v) is 20.6. The third kappa shape index (κ3) is 17.7. The van der Waals surface area contributed by atoms with E-state index < -0.39 is 46.6 Å². The lowest BCUT2D eigenvalue weighted by molar-refractivity contribution is 0.00865. The molecular formula is C100H126O20. The van der Waals surface area contributed by atoms with Gasteiger partial charge in [0, 0.05) is 75.2 Å². The zero-order valence-electron chi connectivity index (χ0n) is 73.8. The highest BCUT2D eigenvalue weighted by Crippen LogP contribution is 2.61. The molecule has 5 heterocycles. The molecule has 4 aliphatic carbocycles. The molecule has 20 heteroatoms. The topological polar surface area (TPSA) is 334 Å². The van der Waals surface area contributed by atoms with E-state index in [2.05, 4.69) is 93.5 Å². The second-order valence-corrected chi connectivity index (χ2v) is 37.5. The van der Waals surface area contributed by atoms with Crippen LogP contribution in [-0.4, -0.2) is 103 Å². The Balaban J connectivity index is 0.000000147. The number of hydrogen-bond acceptors (Lipinski definition) is 15. The molecule has 15 rings (SSSR count). The Morgan fingerprint density at radius 3 is 1.14 bits per heavy atom. The molecule has 120 heavy (non-hydrogen) atoms. The molecule has 6 aromatic rings. The van der Waals surface area contributed by atoms with Crippen LogP contribution in [0.15, 0.2) is 95.1 Å². The van der Waals surface area contributed by atoms with Crippen LogP contribution in [0.3, 0.4) is 0 Å². The minimum absolute atomic E-state index is 0.00406. The van der Waals surface area contributed by atoms with Gasteiger partial charge in [-0.05, 0) is 265 Å². The van der Waals surface area contributed by atoms with Crippen molar-refractivity contribution in [3.8, 4) is 68.6 Å². The molecule has 0 amide bonds. The van der Waals surface area contributed by atoms with Crippen LogP contribution in [0.1, 0.15) is 351 Å². The molecule has 0 unspecified atom stereocenters. The second kappa shape index (κ2) is 35.0. The largest absolute Gasteiger partial charge is 0.507 e. The Kier molecular flexibility index (Phi) is 26.4. The van der Waals surface area contributed by atoms with Gasteiger partial charge in [0.25, 0.3) is 0 Å². The van der Waals surface area contributed by atoms with Crippen molar-refractivity contribution in [3.63, 3.8) is 0 Å². The molecule has 0 saturated heterocycles. The maximum absolute atomic E-state index is 11.9. The van der Waals surface area contributed by atoms with Gasteiger partial charge in [-0.3, -0.25) is 0 Å². The van der Waals surface area contributed by atoms with Gasteiger partial charge in [0.15, 0.2) is 0 Å². The highest BCUT2D eigenvalue weighted by atomic mass is 16.5. The molecular weight excluding hydrogens is 1520 g/mol. The quantitative estimate of drug-likeness (QED) is 0.0337. The minimum atomic E-state index is -1.10. The zero-order chi connectivity index (χ0) is 88.2. The average molecular weight is 1650 g/mol. The molecule has 8 atom stereocenters. The van der Waals surface area contributed by atoms with Crippen LogP contribution in [0.5, 0.6) is 57.5 Å². The molecule has 0 fully saturated rings. The number of carboxylic acids is 5. The lowest BCUT2D eigenvalue weighted by Crippen LogP contribution is -2.45. The van der Waals surface area contributed by atoms with Gasteiger partial charge in [-0.15, -0.1) is 0 Å². The summed E-state index contributed by atoms with van der Waals surface area (Å²) < 4.78 is 31.0. The van der Waals surface area contributed by atoms with Crippen LogP contribution in [0.25, 0.3) is 11.1 Å². The summed E-state index contributed by atoms with van der Waals surface area (Å²) in [6, 6.07) is 14.6. The molecule has 20 nitrogen and oxygen atoms in total.